The van der Waals surface area contributed by atoms with Crippen molar-refractivity contribution in [3.05, 3.63) is 53.3 Å². The summed E-state index contributed by atoms with van der Waals surface area (Å²) >= 11 is 0. The first-order chi connectivity index (χ1) is 16.6. The summed E-state index contributed by atoms with van der Waals surface area (Å²) in [7, 11) is -3.50. The quantitative estimate of drug-likeness (QED) is 0.439. The van der Waals surface area contributed by atoms with Crippen LogP contribution in [0.3, 0.4) is 0 Å². The zero-order valence-corrected chi connectivity index (χ0v) is 21.2. The second kappa shape index (κ2) is 8.95. The van der Waals surface area contributed by atoms with Gasteiger partial charge in [-0.05, 0) is 73.9 Å². The fourth-order valence-corrected chi connectivity index (χ4v) is 5.41. The van der Waals surface area contributed by atoms with Gasteiger partial charge in [0.15, 0.2) is 12.1 Å². The molecule has 0 bridgehead atoms. The Morgan fingerprint density at radius 2 is 1.91 bits per heavy atom. The third-order valence-electron chi connectivity index (χ3n) is 6.41. The lowest BCUT2D eigenvalue weighted by molar-refractivity contribution is 0.0504. The summed E-state index contributed by atoms with van der Waals surface area (Å²) in [5.74, 6) is 1.37. The van der Waals surface area contributed by atoms with E-state index in [1.807, 2.05) is 19.1 Å². The van der Waals surface area contributed by atoms with Crippen molar-refractivity contribution < 1.29 is 22.1 Å². The number of halogens is 1. The number of aliphatic imine (C=N–C) groups is 1. The van der Waals surface area contributed by atoms with E-state index in [1.54, 1.807) is 12.1 Å². The molecule has 0 amide bonds. The van der Waals surface area contributed by atoms with Gasteiger partial charge in [0.05, 0.1) is 17.5 Å². The van der Waals surface area contributed by atoms with Gasteiger partial charge in [-0.1, -0.05) is 13.8 Å². The lowest BCUT2D eigenvalue weighted by Crippen LogP contribution is -2.32. The number of hydrogen-bond acceptors (Lipinski definition) is 6. The molecule has 9 heteroatoms. The first-order valence-corrected chi connectivity index (χ1v) is 13.8. The van der Waals surface area contributed by atoms with Crippen LogP contribution in [0, 0.1) is 11.7 Å². The average molecular weight is 500 g/mol. The van der Waals surface area contributed by atoms with Gasteiger partial charge in [-0.15, -0.1) is 0 Å². The predicted molar refractivity (Wildman–Crippen MR) is 135 cm³/mol. The third kappa shape index (κ3) is 4.79. The van der Waals surface area contributed by atoms with E-state index in [-0.39, 0.29) is 12.0 Å². The van der Waals surface area contributed by atoms with Gasteiger partial charge in [-0.2, -0.15) is 0 Å². The number of nitrogens with zero attached hydrogens (tertiary/aromatic N) is 2. The van der Waals surface area contributed by atoms with Crippen LogP contribution >= 0.6 is 0 Å². The number of benzene rings is 2. The fraction of sp³-hybridized carbons (Fsp3) is 0.423. The molecule has 1 fully saturated rings. The molecule has 7 nitrogen and oxygen atoms in total. The Kier molecular flexibility index (Phi) is 6.09. The number of anilines is 1. The van der Waals surface area contributed by atoms with Gasteiger partial charge in [0.25, 0.3) is 0 Å². The van der Waals surface area contributed by atoms with Crippen LogP contribution < -0.4 is 9.79 Å². The summed E-state index contributed by atoms with van der Waals surface area (Å²) in [6.07, 6.45) is 3.65. The smallest absolute Gasteiger partial charge is 0.232 e. The Morgan fingerprint density at radius 3 is 2.49 bits per heavy atom. The fourth-order valence-electron chi connectivity index (χ4n) is 4.46. The number of amidine groups is 1. The molecule has 1 N–H and O–H groups in total. The summed E-state index contributed by atoms with van der Waals surface area (Å²) in [6.45, 7) is 6.39. The van der Waals surface area contributed by atoms with E-state index in [2.05, 4.69) is 24.3 Å². The Balaban J connectivity index is 1.74. The Bertz CT molecular complexity index is 1390. The van der Waals surface area contributed by atoms with Crippen LogP contribution in [0.25, 0.3) is 22.3 Å². The van der Waals surface area contributed by atoms with Gasteiger partial charge in [0.1, 0.15) is 17.2 Å². The van der Waals surface area contributed by atoms with Gasteiger partial charge in [-0.25, -0.2) is 28.1 Å². The van der Waals surface area contributed by atoms with Gasteiger partial charge < -0.3 is 4.42 Å². The van der Waals surface area contributed by atoms with E-state index < -0.39 is 10.0 Å². The number of nitrogens with one attached hydrogen (secondary N) is 1. The molecule has 1 atom stereocenters. The van der Waals surface area contributed by atoms with Crippen molar-refractivity contribution in [1.29, 1.82) is 0 Å². The highest BCUT2D eigenvalue weighted by Crippen LogP contribution is 2.48. The minimum absolute atomic E-state index is 0.295. The molecule has 186 valence electrons. The van der Waals surface area contributed by atoms with Gasteiger partial charge in [0, 0.05) is 23.6 Å². The molecule has 1 aromatic heterocycles. The lowest BCUT2D eigenvalue weighted by Gasteiger charge is -2.26. The number of hydrogen-bond donors (Lipinski definition) is 1. The van der Waals surface area contributed by atoms with Crippen molar-refractivity contribution in [2.45, 2.75) is 52.2 Å². The molecule has 2 aromatic carbocycles. The molecule has 1 aliphatic heterocycles. The number of sulfonamides is 1. The Morgan fingerprint density at radius 1 is 1.20 bits per heavy atom. The number of rotatable bonds is 8. The topological polar surface area (TPSA) is 84.1 Å². The normalized spacial score (nSPS) is 18.2. The van der Waals surface area contributed by atoms with Crippen LogP contribution in [0.5, 0.6) is 0 Å². The number of fused-ring (bicyclic) bond motifs is 1. The summed E-state index contributed by atoms with van der Waals surface area (Å²) < 4.78 is 47.2. The molecule has 1 saturated carbocycles. The van der Waals surface area contributed by atoms with Crippen LogP contribution in [0.4, 0.5) is 10.1 Å². The van der Waals surface area contributed by atoms with Crippen molar-refractivity contribution in [1.82, 2.24) is 5.48 Å². The molecule has 0 spiro atoms. The molecule has 1 unspecified atom stereocenters. The highest BCUT2D eigenvalue weighted by Gasteiger charge is 2.33. The van der Waals surface area contributed by atoms with E-state index >= 15 is 0 Å². The van der Waals surface area contributed by atoms with Crippen molar-refractivity contribution in [3.63, 3.8) is 0 Å². The average Bonchev–Trinajstić information content (AvgIpc) is 3.44. The first-order valence-electron chi connectivity index (χ1n) is 12.0. The standard InChI is InChI=1S/C26H30FN3O4S/c1-15(2)11-12-30(35(4,31)32)22-14-23-21(13-20(22)17-5-6-17)24(26-28-16(3)34-29-26)25(33-23)18-7-9-19(27)10-8-18/h7-10,13-17H,5-6,11-12H2,1-4H3,(H,28,29). The molecule has 35 heavy (non-hydrogen) atoms. The third-order valence-corrected chi connectivity index (χ3v) is 7.59. The minimum Gasteiger partial charge on any atom is -0.455 e. The van der Waals surface area contributed by atoms with Crippen LogP contribution in [0.15, 0.2) is 45.8 Å². The van der Waals surface area contributed by atoms with Gasteiger partial charge >= 0.3 is 0 Å². The van der Waals surface area contributed by atoms with E-state index in [0.29, 0.717) is 46.8 Å². The van der Waals surface area contributed by atoms with Crippen molar-refractivity contribution >= 4 is 32.5 Å². The molecule has 2 aliphatic rings. The summed E-state index contributed by atoms with van der Waals surface area (Å²) in [5.41, 5.74) is 6.50. The van der Waals surface area contributed by atoms with Crippen molar-refractivity contribution in [2.24, 2.45) is 10.9 Å². The monoisotopic (exact) mass is 499 g/mol. The van der Waals surface area contributed by atoms with Crippen molar-refractivity contribution in [2.75, 3.05) is 17.1 Å². The molecule has 5 rings (SSSR count). The zero-order chi connectivity index (χ0) is 24.9. The SMILES string of the molecule is CC(C)CCN(c1cc2oc(-c3ccc(F)cc3)c(C3=NC(C)ON3)c2cc1C1CC1)S(C)(=O)=O. The largest absolute Gasteiger partial charge is 0.455 e. The second-order valence-electron chi connectivity index (χ2n) is 9.81. The molecular weight excluding hydrogens is 469 g/mol. The maximum Gasteiger partial charge on any atom is 0.232 e. The minimum atomic E-state index is -3.50. The number of hydroxylamine groups is 1. The molecule has 3 aromatic rings. The summed E-state index contributed by atoms with van der Waals surface area (Å²) in [6, 6.07) is 9.95. The van der Waals surface area contributed by atoms with Crippen LogP contribution in [0.1, 0.15) is 57.1 Å². The highest BCUT2D eigenvalue weighted by molar-refractivity contribution is 7.92. The lowest BCUT2D eigenvalue weighted by atomic mass is 10.00. The summed E-state index contributed by atoms with van der Waals surface area (Å²) in [5, 5.41) is 0.816. The summed E-state index contributed by atoms with van der Waals surface area (Å²) in [4.78, 5) is 10.0. The van der Waals surface area contributed by atoms with Crippen LogP contribution in [-0.2, 0) is 14.9 Å². The van der Waals surface area contributed by atoms with Crippen LogP contribution in [0.2, 0.25) is 0 Å². The van der Waals surface area contributed by atoms with Crippen molar-refractivity contribution in [3.8, 4) is 11.3 Å². The second-order valence-corrected chi connectivity index (χ2v) is 11.7. The molecular formula is C26H30FN3O4S. The van der Waals surface area contributed by atoms with E-state index in [0.717, 1.165) is 35.8 Å². The van der Waals surface area contributed by atoms with Crippen LogP contribution in [-0.4, -0.2) is 33.3 Å². The maximum atomic E-state index is 13.6. The van der Waals surface area contributed by atoms with E-state index in [9.17, 15) is 12.8 Å². The van der Waals surface area contributed by atoms with Gasteiger partial charge in [-0.3, -0.25) is 4.31 Å². The molecule has 2 heterocycles. The molecule has 0 radical (unpaired) electrons. The highest BCUT2D eigenvalue weighted by atomic mass is 32.2. The Hall–Kier alpha value is -2.91. The molecule has 0 saturated heterocycles. The van der Waals surface area contributed by atoms with Gasteiger partial charge in [0.2, 0.25) is 10.0 Å². The Labute approximate surface area is 205 Å². The predicted octanol–water partition coefficient (Wildman–Crippen LogP) is 5.56. The first kappa shape index (κ1) is 23.8. The van der Waals surface area contributed by atoms with E-state index in [1.165, 1.54) is 22.7 Å². The maximum absolute atomic E-state index is 13.6. The zero-order valence-electron chi connectivity index (χ0n) is 20.3. The van der Waals surface area contributed by atoms with E-state index in [4.69, 9.17) is 9.25 Å². The molecule has 1 aliphatic carbocycles. The number of furan rings is 1.